The Bertz CT molecular complexity index is 840. The molecule has 0 aliphatic heterocycles. The normalized spacial score (nSPS) is 11.7. The molecule has 3 amide bonds. The maximum absolute atomic E-state index is 11.9. The summed E-state index contributed by atoms with van der Waals surface area (Å²) in [4.78, 5) is 34.1. The zero-order valence-corrected chi connectivity index (χ0v) is 16.2. The molecule has 0 unspecified atom stereocenters. The van der Waals surface area contributed by atoms with E-state index in [0.717, 1.165) is 17.3 Å². The average molecular weight is 412 g/mol. The van der Waals surface area contributed by atoms with Crippen LogP contribution in [0.15, 0.2) is 29.4 Å². The van der Waals surface area contributed by atoms with E-state index in [-0.39, 0.29) is 5.75 Å². The third-order valence-corrected chi connectivity index (χ3v) is 4.57. The van der Waals surface area contributed by atoms with Gasteiger partial charge in [0.25, 0.3) is 5.91 Å². The van der Waals surface area contributed by atoms with Crippen LogP contribution in [0.2, 0.25) is 5.02 Å². The van der Waals surface area contributed by atoms with Gasteiger partial charge in [-0.1, -0.05) is 23.4 Å². The van der Waals surface area contributed by atoms with Gasteiger partial charge in [0.1, 0.15) is 0 Å². The molecule has 0 saturated heterocycles. The molecule has 0 bridgehead atoms. The summed E-state index contributed by atoms with van der Waals surface area (Å²) in [6, 6.07) is 6.17. The third kappa shape index (κ3) is 5.69. The number of urea groups is 1. The Hall–Kier alpha value is -2.59. The third-order valence-electron chi connectivity index (χ3n) is 3.38. The molecule has 1 heterocycles. The number of primary amides is 1. The maximum atomic E-state index is 11.9. The van der Waals surface area contributed by atoms with Crippen LogP contribution in [0.25, 0.3) is 11.4 Å². The Morgan fingerprint density at radius 3 is 2.56 bits per heavy atom. The van der Waals surface area contributed by atoms with Gasteiger partial charge in [-0.3, -0.25) is 14.9 Å². The number of halogens is 1. The van der Waals surface area contributed by atoms with Crippen LogP contribution >= 0.6 is 23.4 Å². The maximum Gasteiger partial charge on any atom is 0.318 e. The average Bonchev–Trinajstić information content (AvgIpc) is 3.02. The second kappa shape index (κ2) is 9.38. The molecular formula is C16H18ClN5O4S. The van der Waals surface area contributed by atoms with Crippen molar-refractivity contribution in [1.29, 1.82) is 0 Å². The van der Waals surface area contributed by atoms with Crippen LogP contribution in [-0.4, -0.2) is 44.5 Å². The molecule has 3 N–H and O–H groups in total. The van der Waals surface area contributed by atoms with E-state index in [9.17, 15) is 14.4 Å². The number of aromatic nitrogens is 3. The van der Waals surface area contributed by atoms with E-state index < -0.39 is 24.0 Å². The van der Waals surface area contributed by atoms with Crippen LogP contribution in [-0.2, 0) is 20.9 Å². The van der Waals surface area contributed by atoms with Crippen molar-refractivity contribution in [3.8, 4) is 11.4 Å². The van der Waals surface area contributed by atoms with Crippen LogP contribution in [0.5, 0.6) is 0 Å². The first-order chi connectivity index (χ1) is 12.8. The van der Waals surface area contributed by atoms with Crippen molar-refractivity contribution >= 4 is 41.3 Å². The quantitative estimate of drug-likeness (QED) is 0.525. The van der Waals surface area contributed by atoms with Crippen LogP contribution in [0.4, 0.5) is 4.79 Å². The molecule has 0 saturated carbocycles. The number of hydrogen-bond donors (Lipinski definition) is 2. The molecule has 11 heteroatoms. The number of carbonyl (C=O) groups is 3. The molecule has 2 rings (SSSR count). The fourth-order valence-corrected chi connectivity index (χ4v) is 3.04. The molecule has 2 aromatic rings. The van der Waals surface area contributed by atoms with E-state index >= 15 is 0 Å². The summed E-state index contributed by atoms with van der Waals surface area (Å²) in [5.41, 5.74) is 5.69. The van der Waals surface area contributed by atoms with E-state index in [1.807, 2.05) is 28.9 Å². The monoisotopic (exact) mass is 411 g/mol. The Balaban J connectivity index is 1.99. The van der Waals surface area contributed by atoms with Crippen LogP contribution in [0, 0.1) is 0 Å². The van der Waals surface area contributed by atoms with Crippen LogP contribution in [0.1, 0.15) is 13.8 Å². The van der Waals surface area contributed by atoms with Gasteiger partial charge in [-0.25, -0.2) is 4.79 Å². The first-order valence-corrected chi connectivity index (χ1v) is 9.29. The summed E-state index contributed by atoms with van der Waals surface area (Å²) < 4.78 is 6.81. The fraction of sp³-hybridized carbons (Fsp3) is 0.312. The van der Waals surface area contributed by atoms with Crippen molar-refractivity contribution in [3.63, 3.8) is 0 Å². The molecule has 0 aliphatic rings. The highest BCUT2D eigenvalue weighted by molar-refractivity contribution is 7.99. The number of nitrogens with zero attached hydrogens (tertiary/aromatic N) is 3. The first kappa shape index (κ1) is 20.7. The lowest BCUT2D eigenvalue weighted by atomic mass is 10.2. The molecule has 9 nitrogen and oxygen atoms in total. The highest BCUT2D eigenvalue weighted by Crippen LogP contribution is 2.25. The summed E-state index contributed by atoms with van der Waals surface area (Å²) in [5.74, 6) is -0.847. The van der Waals surface area contributed by atoms with Crippen LogP contribution < -0.4 is 11.1 Å². The van der Waals surface area contributed by atoms with Gasteiger partial charge in [0, 0.05) is 17.1 Å². The number of imide groups is 1. The van der Waals surface area contributed by atoms with Gasteiger partial charge < -0.3 is 15.0 Å². The zero-order valence-electron chi connectivity index (χ0n) is 14.6. The lowest BCUT2D eigenvalue weighted by Gasteiger charge is -2.12. The summed E-state index contributed by atoms with van der Waals surface area (Å²) in [7, 11) is 0. The number of carbonyl (C=O) groups excluding carboxylic acids is 3. The molecule has 0 spiro atoms. The second-order valence-electron chi connectivity index (χ2n) is 5.33. The zero-order chi connectivity index (χ0) is 20.0. The highest BCUT2D eigenvalue weighted by Gasteiger charge is 2.20. The fourth-order valence-electron chi connectivity index (χ4n) is 2.12. The first-order valence-electron chi connectivity index (χ1n) is 7.93. The minimum Gasteiger partial charge on any atom is -0.452 e. The summed E-state index contributed by atoms with van der Waals surface area (Å²) in [5, 5.41) is 11.3. The number of benzene rings is 1. The molecule has 1 atom stereocenters. The van der Waals surface area contributed by atoms with Crippen molar-refractivity contribution in [2.24, 2.45) is 5.73 Å². The van der Waals surface area contributed by atoms with Gasteiger partial charge in [0.15, 0.2) is 17.1 Å². The lowest BCUT2D eigenvalue weighted by Crippen LogP contribution is -2.42. The van der Waals surface area contributed by atoms with Crippen molar-refractivity contribution in [2.45, 2.75) is 31.7 Å². The van der Waals surface area contributed by atoms with E-state index in [1.54, 1.807) is 12.1 Å². The van der Waals surface area contributed by atoms with Crippen molar-refractivity contribution < 1.29 is 19.1 Å². The van der Waals surface area contributed by atoms with Gasteiger partial charge >= 0.3 is 12.0 Å². The lowest BCUT2D eigenvalue weighted by molar-refractivity contribution is -0.151. The molecule has 1 aromatic carbocycles. The highest BCUT2D eigenvalue weighted by atomic mass is 35.5. The number of hydrogen-bond acceptors (Lipinski definition) is 7. The minimum absolute atomic E-state index is 0.0764. The van der Waals surface area contributed by atoms with Gasteiger partial charge in [-0.05, 0) is 38.1 Å². The minimum atomic E-state index is -1.14. The number of nitrogens with two attached hydrogens (primary N) is 1. The smallest absolute Gasteiger partial charge is 0.318 e. The molecular weight excluding hydrogens is 394 g/mol. The van der Waals surface area contributed by atoms with Gasteiger partial charge in [0.2, 0.25) is 0 Å². The van der Waals surface area contributed by atoms with E-state index in [1.165, 1.54) is 6.92 Å². The summed E-state index contributed by atoms with van der Waals surface area (Å²) in [6.45, 7) is 3.87. The van der Waals surface area contributed by atoms with Crippen molar-refractivity contribution in [1.82, 2.24) is 20.1 Å². The van der Waals surface area contributed by atoms with Crippen molar-refractivity contribution in [3.05, 3.63) is 29.3 Å². The number of esters is 1. The van der Waals surface area contributed by atoms with E-state index in [4.69, 9.17) is 22.1 Å². The topological polar surface area (TPSA) is 129 Å². The van der Waals surface area contributed by atoms with Crippen LogP contribution in [0.3, 0.4) is 0 Å². The van der Waals surface area contributed by atoms with Gasteiger partial charge in [0.05, 0.1) is 5.75 Å². The molecule has 144 valence electrons. The summed E-state index contributed by atoms with van der Waals surface area (Å²) in [6.07, 6.45) is -1.14. The standard InChI is InChI=1S/C16H18ClN5O4S/c1-3-22-13(10-4-6-11(17)7-5-10)20-21-16(22)27-8-12(23)26-9(2)14(24)19-15(18)25/h4-7,9H,3,8H2,1-2H3,(H3,18,19,24,25)/t9-/m0/s1. The van der Waals surface area contributed by atoms with Crippen molar-refractivity contribution in [2.75, 3.05) is 5.75 Å². The number of amides is 3. The molecule has 0 fully saturated rings. The molecule has 0 aliphatic carbocycles. The Morgan fingerprint density at radius 2 is 1.96 bits per heavy atom. The Kier molecular flexibility index (Phi) is 7.19. The number of nitrogens with one attached hydrogen (secondary N) is 1. The second-order valence-corrected chi connectivity index (χ2v) is 6.71. The molecule has 0 radical (unpaired) electrons. The predicted octanol–water partition coefficient (Wildman–Crippen LogP) is 1.84. The SMILES string of the molecule is CCn1c(SCC(=O)O[C@@H](C)C(=O)NC(N)=O)nnc1-c1ccc(Cl)cc1. The largest absolute Gasteiger partial charge is 0.452 e. The van der Waals surface area contributed by atoms with Gasteiger partial charge in [-0.2, -0.15) is 0 Å². The number of thioether (sulfide) groups is 1. The number of rotatable bonds is 7. The predicted molar refractivity (Wildman–Crippen MR) is 100 cm³/mol. The summed E-state index contributed by atoms with van der Waals surface area (Å²) >= 11 is 7.03. The Labute approximate surface area is 164 Å². The number of ether oxygens (including phenoxy) is 1. The Morgan fingerprint density at radius 1 is 1.30 bits per heavy atom. The van der Waals surface area contributed by atoms with E-state index in [2.05, 4.69) is 10.2 Å². The molecule has 1 aromatic heterocycles. The molecule has 27 heavy (non-hydrogen) atoms. The van der Waals surface area contributed by atoms with Gasteiger partial charge in [-0.15, -0.1) is 10.2 Å². The van der Waals surface area contributed by atoms with E-state index in [0.29, 0.717) is 22.5 Å².